The van der Waals surface area contributed by atoms with E-state index in [4.69, 9.17) is 12.2 Å². The van der Waals surface area contributed by atoms with E-state index in [-0.39, 0.29) is 10.5 Å². The van der Waals surface area contributed by atoms with Crippen molar-refractivity contribution < 1.29 is 13.2 Å². The molecule has 0 aliphatic heterocycles. The Morgan fingerprint density at radius 1 is 1.23 bits per heavy atom. The Balaban J connectivity index is 0.00000116. The van der Waals surface area contributed by atoms with Crippen molar-refractivity contribution in [1.82, 2.24) is 14.8 Å². The lowest BCUT2D eigenvalue weighted by Crippen LogP contribution is -2.20. The summed E-state index contributed by atoms with van der Waals surface area (Å²) in [4.78, 5) is 11.6. The second-order valence-electron chi connectivity index (χ2n) is 4.29. The molecule has 0 bridgehead atoms. The van der Waals surface area contributed by atoms with Gasteiger partial charge in [0.1, 0.15) is 0 Å². The maximum Gasteiger partial charge on any atom is 0.418 e. The molecule has 0 saturated carbocycles. The van der Waals surface area contributed by atoms with Crippen LogP contribution in [0.2, 0.25) is 0 Å². The van der Waals surface area contributed by atoms with Gasteiger partial charge in [-0.25, -0.2) is 14.5 Å². The molecule has 0 fully saturated rings. The van der Waals surface area contributed by atoms with Gasteiger partial charge in [0.15, 0.2) is 0 Å². The fourth-order valence-corrected chi connectivity index (χ4v) is 2.21. The third-order valence-electron chi connectivity index (χ3n) is 2.83. The molecule has 122 valence electrons. The topological polar surface area (TPSA) is 53.6 Å². The average Bonchev–Trinajstić information content (AvgIpc) is 2.80. The predicted octanol–water partition coefficient (Wildman–Crippen LogP) is 4.22. The zero-order chi connectivity index (χ0) is 16.9. The number of benzene rings is 1. The third kappa shape index (κ3) is 3.88. The maximum absolute atomic E-state index is 13.2. The number of alkyl halides is 3. The van der Waals surface area contributed by atoms with Crippen LogP contribution in [0.15, 0.2) is 23.0 Å². The van der Waals surface area contributed by atoms with Crippen LogP contribution in [0.4, 0.5) is 13.2 Å². The molecule has 4 nitrogen and oxygen atoms in total. The van der Waals surface area contributed by atoms with Gasteiger partial charge in [0.25, 0.3) is 0 Å². The van der Waals surface area contributed by atoms with E-state index in [0.717, 1.165) is 17.1 Å². The molecular formula is C14H18F3N3OS. The zero-order valence-corrected chi connectivity index (χ0v) is 13.4. The van der Waals surface area contributed by atoms with Crippen LogP contribution in [0.25, 0.3) is 5.69 Å². The van der Waals surface area contributed by atoms with Crippen LogP contribution >= 0.6 is 12.2 Å². The van der Waals surface area contributed by atoms with Gasteiger partial charge in [-0.05, 0) is 36.3 Å². The van der Waals surface area contributed by atoms with Crippen molar-refractivity contribution in [1.29, 1.82) is 0 Å². The molecule has 0 saturated heterocycles. The number of halogens is 3. The number of nitrogens with zero attached hydrogens (tertiary/aromatic N) is 1. The molecule has 0 amide bonds. The molecule has 0 spiro atoms. The summed E-state index contributed by atoms with van der Waals surface area (Å²) in [6, 6.07) is 3.90. The first-order chi connectivity index (χ1) is 10.3. The third-order valence-corrected chi connectivity index (χ3v) is 3.11. The van der Waals surface area contributed by atoms with Gasteiger partial charge >= 0.3 is 11.9 Å². The minimum Gasteiger partial charge on any atom is -0.272 e. The number of H-pyrrole nitrogens is 2. The lowest BCUT2D eigenvalue weighted by atomic mass is 10.0. The second kappa shape index (κ2) is 7.44. The Kier molecular flexibility index (Phi) is 6.16. The Bertz CT molecular complexity index is 700. The molecular weight excluding hydrogens is 315 g/mol. The van der Waals surface area contributed by atoms with E-state index in [1.807, 2.05) is 20.8 Å². The quantitative estimate of drug-likeness (QED) is 0.826. The monoisotopic (exact) mass is 333 g/mol. The van der Waals surface area contributed by atoms with E-state index in [9.17, 15) is 18.0 Å². The van der Waals surface area contributed by atoms with Crippen LogP contribution in [0.3, 0.4) is 0 Å². The van der Waals surface area contributed by atoms with E-state index in [1.54, 1.807) is 6.07 Å². The summed E-state index contributed by atoms with van der Waals surface area (Å²) in [6.45, 7) is 5.88. The van der Waals surface area contributed by atoms with E-state index in [2.05, 4.69) is 10.2 Å². The van der Waals surface area contributed by atoms with Crippen LogP contribution in [0.5, 0.6) is 0 Å². The van der Waals surface area contributed by atoms with Crippen LogP contribution in [0, 0.1) is 4.77 Å². The first-order valence-corrected chi connectivity index (χ1v) is 7.35. The summed E-state index contributed by atoms with van der Waals surface area (Å²) < 4.78 is 40.2. The van der Waals surface area contributed by atoms with E-state index >= 15 is 0 Å². The van der Waals surface area contributed by atoms with Crippen molar-refractivity contribution in [2.45, 2.75) is 39.8 Å². The smallest absolute Gasteiger partial charge is 0.272 e. The first-order valence-electron chi connectivity index (χ1n) is 6.94. The van der Waals surface area contributed by atoms with E-state index < -0.39 is 17.4 Å². The number of aromatic amines is 2. The van der Waals surface area contributed by atoms with Gasteiger partial charge in [-0.3, -0.25) is 5.10 Å². The highest BCUT2D eigenvalue weighted by Gasteiger charge is 2.34. The summed E-state index contributed by atoms with van der Waals surface area (Å²) in [5.41, 5.74) is -1.31. The fraction of sp³-hybridized carbons (Fsp3) is 0.429. The average molecular weight is 333 g/mol. The molecule has 0 atom stereocenters. The van der Waals surface area contributed by atoms with Crippen LogP contribution in [-0.4, -0.2) is 14.8 Å². The number of nitrogens with one attached hydrogen (secondary N) is 2. The van der Waals surface area contributed by atoms with E-state index in [1.165, 1.54) is 6.07 Å². The second-order valence-corrected chi connectivity index (χ2v) is 4.68. The summed E-state index contributed by atoms with van der Waals surface area (Å²) >= 11 is 4.83. The summed E-state index contributed by atoms with van der Waals surface area (Å²) in [7, 11) is 0. The largest absolute Gasteiger partial charge is 0.418 e. The zero-order valence-electron chi connectivity index (χ0n) is 12.5. The summed E-state index contributed by atoms with van der Waals surface area (Å²) in [5.74, 6) is 0. The highest BCUT2D eigenvalue weighted by Crippen LogP contribution is 2.34. The summed E-state index contributed by atoms with van der Waals surface area (Å²) in [5, 5.41) is 4.49. The number of hydrogen-bond donors (Lipinski definition) is 2. The molecule has 22 heavy (non-hydrogen) atoms. The van der Waals surface area contributed by atoms with Gasteiger partial charge in [-0.15, -0.1) is 0 Å². The standard InChI is InChI=1S/C12H12F3N3OS.C2H6/c1-2-3-7-4-5-9(8(6-7)12(13,14)15)18-10(19)16-17-11(18)20;1-2/h4-6H,2-3H2,1H3,(H,16,19)(H,17,20);1-2H3. The Morgan fingerprint density at radius 2 is 1.86 bits per heavy atom. The lowest BCUT2D eigenvalue weighted by molar-refractivity contribution is -0.137. The highest BCUT2D eigenvalue weighted by molar-refractivity contribution is 7.71. The van der Waals surface area contributed by atoms with Crippen molar-refractivity contribution in [2.75, 3.05) is 0 Å². The van der Waals surface area contributed by atoms with Gasteiger partial charge in [-0.1, -0.05) is 33.3 Å². The van der Waals surface area contributed by atoms with Crippen molar-refractivity contribution in [3.05, 3.63) is 44.6 Å². The molecule has 0 radical (unpaired) electrons. The first kappa shape index (κ1) is 18.2. The number of aryl methyl sites for hydroxylation is 1. The van der Waals surface area contributed by atoms with Crippen LogP contribution < -0.4 is 5.69 Å². The van der Waals surface area contributed by atoms with Crippen LogP contribution in [-0.2, 0) is 12.6 Å². The molecule has 1 aromatic carbocycles. The normalized spacial score (nSPS) is 11.0. The molecule has 2 N–H and O–H groups in total. The van der Waals surface area contributed by atoms with E-state index in [0.29, 0.717) is 12.0 Å². The predicted molar refractivity (Wildman–Crippen MR) is 81.9 cm³/mol. The Labute approximate surface area is 131 Å². The number of aromatic nitrogens is 3. The van der Waals surface area contributed by atoms with Crippen molar-refractivity contribution in [3.8, 4) is 5.69 Å². The molecule has 0 unspecified atom stereocenters. The van der Waals surface area contributed by atoms with Crippen molar-refractivity contribution in [2.24, 2.45) is 0 Å². The highest BCUT2D eigenvalue weighted by atomic mass is 32.1. The Hall–Kier alpha value is -1.83. The minimum absolute atomic E-state index is 0.108. The minimum atomic E-state index is -4.56. The molecule has 0 aliphatic rings. The summed E-state index contributed by atoms with van der Waals surface area (Å²) in [6.07, 6.45) is -3.28. The molecule has 2 rings (SSSR count). The van der Waals surface area contributed by atoms with Gasteiger partial charge in [-0.2, -0.15) is 13.2 Å². The maximum atomic E-state index is 13.2. The number of rotatable bonds is 3. The SMILES string of the molecule is CC.CCCc1ccc(-n2c(=O)[nH][nH]c2=S)c(C(F)(F)F)c1. The van der Waals surface area contributed by atoms with Gasteiger partial charge in [0.05, 0.1) is 11.3 Å². The van der Waals surface area contributed by atoms with Gasteiger partial charge < -0.3 is 0 Å². The lowest BCUT2D eigenvalue weighted by Gasteiger charge is -2.14. The van der Waals surface area contributed by atoms with Crippen molar-refractivity contribution >= 4 is 12.2 Å². The fourth-order valence-electron chi connectivity index (χ4n) is 1.98. The van der Waals surface area contributed by atoms with Crippen molar-refractivity contribution in [3.63, 3.8) is 0 Å². The van der Waals surface area contributed by atoms with Gasteiger partial charge in [0.2, 0.25) is 4.77 Å². The number of hydrogen-bond acceptors (Lipinski definition) is 2. The molecule has 2 aromatic rings. The molecule has 1 aromatic heterocycles. The Morgan fingerprint density at radius 3 is 2.32 bits per heavy atom. The molecule has 0 aliphatic carbocycles. The van der Waals surface area contributed by atoms with Gasteiger partial charge in [0, 0.05) is 0 Å². The molecule has 8 heteroatoms. The molecule has 1 heterocycles. The van der Waals surface area contributed by atoms with Crippen LogP contribution in [0.1, 0.15) is 38.3 Å².